The number of pyridine rings is 1. The summed E-state index contributed by atoms with van der Waals surface area (Å²) in [5.41, 5.74) is 1.90. The second-order valence-electron chi connectivity index (χ2n) is 5.12. The van der Waals surface area contributed by atoms with E-state index in [1.54, 1.807) is 6.20 Å². The first-order chi connectivity index (χ1) is 11.3. The van der Waals surface area contributed by atoms with Crippen molar-refractivity contribution in [2.75, 3.05) is 42.3 Å². The number of hydrogen-bond acceptors (Lipinski definition) is 5. The molecule has 1 saturated heterocycles. The van der Waals surface area contributed by atoms with Crippen LogP contribution >= 0.6 is 11.8 Å². The van der Waals surface area contributed by atoms with Crippen LogP contribution in [0.2, 0.25) is 0 Å². The van der Waals surface area contributed by atoms with E-state index in [9.17, 15) is 4.79 Å². The Morgan fingerprint density at radius 1 is 1.17 bits per heavy atom. The van der Waals surface area contributed by atoms with Crippen LogP contribution in [0.1, 0.15) is 0 Å². The fourth-order valence-corrected chi connectivity index (χ4v) is 3.08. The Bertz CT molecular complexity index is 645. The van der Waals surface area contributed by atoms with Gasteiger partial charge in [-0.15, -0.1) is 0 Å². The average Bonchev–Trinajstić information content (AvgIpc) is 2.62. The largest absolute Gasteiger partial charge is 0.378 e. The predicted molar refractivity (Wildman–Crippen MR) is 93.1 cm³/mol. The summed E-state index contributed by atoms with van der Waals surface area (Å²) in [6.45, 7) is 3.13. The Kier molecular flexibility index (Phi) is 5.50. The number of thioether (sulfide) groups is 1. The van der Waals surface area contributed by atoms with E-state index >= 15 is 0 Å². The zero-order valence-electron chi connectivity index (χ0n) is 12.8. The van der Waals surface area contributed by atoms with Crippen molar-refractivity contribution in [3.8, 4) is 0 Å². The van der Waals surface area contributed by atoms with Crippen molar-refractivity contribution >= 4 is 29.0 Å². The molecule has 1 aliphatic heterocycles. The van der Waals surface area contributed by atoms with Gasteiger partial charge in [0.2, 0.25) is 5.91 Å². The SMILES string of the molecule is O=C(CSc1ccccn1)Nc1ccccc1N1CCOCC1. The van der Waals surface area contributed by atoms with Crippen LogP contribution in [-0.2, 0) is 9.53 Å². The van der Waals surface area contributed by atoms with Crippen molar-refractivity contribution in [2.24, 2.45) is 0 Å². The summed E-state index contributed by atoms with van der Waals surface area (Å²) in [4.78, 5) is 18.7. The molecule has 1 fully saturated rings. The van der Waals surface area contributed by atoms with E-state index in [-0.39, 0.29) is 5.91 Å². The van der Waals surface area contributed by atoms with Crippen LogP contribution in [0.4, 0.5) is 11.4 Å². The fraction of sp³-hybridized carbons (Fsp3) is 0.294. The molecule has 1 aromatic carbocycles. The lowest BCUT2D eigenvalue weighted by molar-refractivity contribution is -0.113. The highest BCUT2D eigenvalue weighted by Gasteiger charge is 2.15. The van der Waals surface area contributed by atoms with Crippen LogP contribution < -0.4 is 10.2 Å². The number of carbonyl (C=O) groups excluding carboxylic acids is 1. The van der Waals surface area contributed by atoms with Crippen molar-refractivity contribution in [2.45, 2.75) is 5.03 Å². The maximum atomic E-state index is 12.2. The molecule has 3 rings (SSSR count). The zero-order chi connectivity index (χ0) is 15.9. The van der Waals surface area contributed by atoms with Gasteiger partial charge in [0, 0.05) is 19.3 Å². The molecule has 0 saturated carbocycles. The van der Waals surface area contributed by atoms with Gasteiger partial charge in [0.1, 0.15) is 0 Å². The lowest BCUT2D eigenvalue weighted by atomic mass is 10.2. The highest BCUT2D eigenvalue weighted by atomic mass is 32.2. The molecule has 0 spiro atoms. The Labute approximate surface area is 140 Å². The molecular weight excluding hydrogens is 310 g/mol. The molecule has 0 radical (unpaired) electrons. The maximum absolute atomic E-state index is 12.2. The van der Waals surface area contributed by atoms with Gasteiger partial charge in [-0.05, 0) is 24.3 Å². The first kappa shape index (κ1) is 15.8. The number of hydrogen-bond donors (Lipinski definition) is 1. The standard InChI is InChI=1S/C17H19N3O2S/c21-16(13-23-17-7-3-4-8-18-17)19-14-5-1-2-6-15(14)20-9-11-22-12-10-20/h1-8H,9-13H2,(H,19,21). The highest BCUT2D eigenvalue weighted by Crippen LogP contribution is 2.26. The fourth-order valence-electron chi connectivity index (χ4n) is 2.42. The van der Waals surface area contributed by atoms with Gasteiger partial charge in [-0.2, -0.15) is 0 Å². The summed E-state index contributed by atoms with van der Waals surface area (Å²) in [5.74, 6) is 0.315. The molecule has 120 valence electrons. The molecule has 0 bridgehead atoms. The lowest BCUT2D eigenvalue weighted by Gasteiger charge is -2.30. The monoisotopic (exact) mass is 329 g/mol. The Balaban J connectivity index is 1.62. The molecule has 6 heteroatoms. The van der Waals surface area contributed by atoms with Gasteiger partial charge in [-0.1, -0.05) is 30.0 Å². The predicted octanol–water partition coefficient (Wildman–Crippen LogP) is 2.65. The number of nitrogens with one attached hydrogen (secondary N) is 1. The van der Waals surface area contributed by atoms with Crippen molar-refractivity contribution in [1.29, 1.82) is 0 Å². The van der Waals surface area contributed by atoms with E-state index < -0.39 is 0 Å². The van der Waals surface area contributed by atoms with Crippen molar-refractivity contribution < 1.29 is 9.53 Å². The van der Waals surface area contributed by atoms with Gasteiger partial charge in [-0.3, -0.25) is 4.79 Å². The molecule has 1 amide bonds. The number of nitrogens with zero attached hydrogens (tertiary/aromatic N) is 2. The van der Waals surface area contributed by atoms with Gasteiger partial charge in [0.05, 0.1) is 35.4 Å². The molecule has 1 aromatic heterocycles. The molecule has 0 aliphatic carbocycles. The molecule has 2 aromatic rings. The normalized spacial score (nSPS) is 14.5. The van der Waals surface area contributed by atoms with E-state index in [4.69, 9.17) is 4.74 Å². The van der Waals surface area contributed by atoms with Gasteiger partial charge < -0.3 is 15.0 Å². The second-order valence-corrected chi connectivity index (χ2v) is 6.12. The van der Waals surface area contributed by atoms with Crippen molar-refractivity contribution in [1.82, 2.24) is 4.98 Å². The molecule has 23 heavy (non-hydrogen) atoms. The third-order valence-electron chi connectivity index (χ3n) is 3.52. The van der Waals surface area contributed by atoms with Gasteiger partial charge in [0.25, 0.3) is 0 Å². The second kappa shape index (κ2) is 7.99. The molecule has 5 nitrogen and oxygen atoms in total. The number of anilines is 2. The van der Waals surface area contributed by atoms with Crippen LogP contribution in [-0.4, -0.2) is 42.9 Å². The third kappa shape index (κ3) is 4.46. The van der Waals surface area contributed by atoms with Crippen LogP contribution in [0.3, 0.4) is 0 Å². The molecule has 0 atom stereocenters. The first-order valence-electron chi connectivity index (χ1n) is 7.58. The number of carbonyl (C=O) groups is 1. The minimum atomic E-state index is -0.0265. The van der Waals surface area contributed by atoms with Crippen LogP contribution in [0.5, 0.6) is 0 Å². The molecule has 1 N–H and O–H groups in total. The smallest absolute Gasteiger partial charge is 0.234 e. The number of aromatic nitrogens is 1. The highest BCUT2D eigenvalue weighted by molar-refractivity contribution is 7.99. The van der Waals surface area contributed by atoms with Gasteiger partial charge in [0.15, 0.2) is 0 Å². The average molecular weight is 329 g/mol. The summed E-state index contributed by atoms with van der Waals surface area (Å²) < 4.78 is 5.39. The van der Waals surface area contributed by atoms with Gasteiger partial charge in [-0.25, -0.2) is 4.98 Å². The lowest BCUT2D eigenvalue weighted by Crippen LogP contribution is -2.36. The minimum Gasteiger partial charge on any atom is -0.378 e. The molecule has 1 aliphatic rings. The minimum absolute atomic E-state index is 0.0265. The van der Waals surface area contributed by atoms with E-state index in [0.29, 0.717) is 5.75 Å². The number of morpholine rings is 1. The third-order valence-corrected chi connectivity index (χ3v) is 4.46. The quantitative estimate of drug-likeness (QED) is 0.855. The summed E-state index contributed by atoms with van der Waals surface area (Å²) in [6.07, 6.45) is 1.73. The van der Waals surface area contributed by atoms with Crippen molar-refractivity contribution in [3.05, 3.63) is 48.7 Å². The molecule has 2 heterocycles. The van der Waals surface area contributed by atoms with E-state index in [1.165, 1.54) is 11.8 Å². The number of benzene rings is 1. The van der Waals surface area contributed by atoms with Crippen molar-refractivity contribution in [3.63, 3.8) is 0 Å². The topological polar surface area (TPSA) is 54.5 Å². The summed E-state index contributed by atoms with van der Waals surface area (Å²) in [5, 5.41) is 3.86. The van der Waals surface area contributed by atoms with Crippen LogP contribution in [0.15, 0.2) is 53.7 Å². The van der Waals surface area contributed by atoms with Crippen LogP contribution in [0.25, 0.3) is 0 Å². The number of para-hydroxylation sites is 2. The van der Waals surface area contributed by atoms with E-state index in [0.717, 1.165) is 42.7 Å². The van der Waals surface area contributed by atoms with E-state index in [1.807, 2.05) is 42.5 Å². The number of amides is 1. The summed E-state index contributed by atoms with van der Waals surface area (Å²) in [6, 6.07) is 13.6. The van der Waals surface area contributed by atoms with Gasteiger partial charge >= 0.3 is 0 Å². The first-order valence-corrected chi connectivity index (χ1v) is 8.57. The number of ether oxygens (including phenoxy) is 1. The Morgan fingerprint density at radius 2 is 1.96 bits per heavy atom. The van der Waals surface area contributed by atoms with E-state index in [2.05, 4.69) is 15.2 Å². The summed E-state index contributed by atoms with van der Waals surface area (Å²) in [7, 11) is 0. The number of rotatable bonds is 5. The Hall–Kier alpha value is -2.05. The molecular formula is C17H19N3O2S. The maximum Gasteiger partial charge on any atom is 0.234 e. The zero-order valence-corrected chi connectivity index (χ0v) is 13.6. The Morgan fingerprint density at radius 3 is 2.74 bits per heavy atom. The van der Waals surface area contributed by atoms with Crippen LogP contribution in [0, 0.1) is 0 Å². The molecule has 0 unspecified atom stereocenters. The summed E-state index contributed by atoms with van der Waals surface area (Å²) >= 11 is 1.43.